The molecule has 0 aromatic heterocycles. The Hall–Kier alpha value is -6.28. The maximum Gasteiger partial charge on any atom is 0.393 e. The van der Waals surface area contributed by atoms with Crippen LogP contribution in [-0.4, -0.2) is 261 Å². The second kappa shape index (κ2) is 33.9. The molecule has 3 saturated carbocycles. The summed E-state index contributed by atoms with van der Waals surface area (Å²) in [5.74, 6) is -10.7. The molecule has 1 spiro atoms. The Kier molecular flexibility index (Phi) is 27.4. The lowest BCUT2D eigenvalue weighted by Gasteiger charge is -2.45. The molecule has 13 atom stereocenters. The van der Waals surface area contributed by atoms with Crippen molar-refractivity contribution in [3.05, 3.63) is 0 Å². The molecular weight excluding hydrogens is 1290 g/mol. The van der Waals surface area contributed by atoms with Crippen molar-refractivity contribution in [3.63, 3.8) is 0 Å². The topological polar surface area (TPSA) is 270 Å². The van der Waals surface area contributed by atoms with Gasteiger partial charge in [-0.05, 0) is 120 Å². The second-order valence-corrected chi connectivity index (χ2v) is 30.9. The summed E-state index contributed by atoms with van der Waals surface area (Å²) >= 11 is 6.40. The van der Waals surface area contributed by atoms with E-state index in [1.54, 1.807) is 20.8 Å². The van der Waals surface area contributed by atoms with E-state index in [0.717, 1.165) is 32.1 Å². The number of hydrogen-bond donors (Lipinski definition) is 3. The minimum Gasteiger partial charge on any atom is -0.343 e. The van der Waals surface area contributed by atoms with E-state index in [1.807, 2.05) is 20.8 Å². The van der Waals surface area contributed by atoms with Crippen molar-refractivity contribution < 1.29 is 70.7 Å². The van der Waals surface area contributed by atoms with Crippen LogP contribution < -0.4 is 16.0 Å². The molecule has 28 heteroatoms. The number of nitrogens with one attached hydrogen (secondary N) is 3. The van der Waals surface area contributed by atoms with Gasteiger partial charge in [-0.2, -0.15) is 13.2 Å². The van der Waals surface area contributed by atoms with E-state index in [-0.39, 0.29) is 101 Å². The van der Waals surface area contributed by atoms with Crippen LogP contribution >= 0.6 is 11.6 Å². The zero-order valence-corrected chi connectivity index (χ0v) is 61.0. The maximum atomic E-state index is 15.4. The Morgan fingerprint density at radius 3 is 1.82 bits per heavy atom. The van der Waals surface area contributed by atoms with Crippen molar-refractivity contribution in [1.82, 2.24) is 60.0 Å². The van der Waals surface area contributed by atoms with Crippen LogP contribution in [0, 0.1) is 35.5 Å². The molecule has 552 valence electrons. The van der Waals surface area contributed by atoms with Gasteiger partial charge in [-0.1, -0.05) is 92.9 Å². The third-order valence-corrected chi connectivity index (χ3v) is 23.3. The molecule has 24 nitrogen and oxygen atoms in total. The minimum atomic E-state index is -4.51. The molecule has 0 aromatic rings. The Balaban J connectivity index is 1.26. The van der Waals surface area contributed by atoms with E-state index in [1.165, 1.54) is 93.3 Å². The first-order chi connectivity index (χ1) is 46.0. The molecule has 7 aliphatic rings. The molecule has 4 heterocycles. The molecule has 3 aliphatic carbocycles. The smallest absolute Gasteiger partial charge is 0.343 e. The molecule has 4 aliphatic heterocycles. The Morgan fingerprint density at radius 1 is 0.612 bits per heavy atom. The lowest BCUT2D eigenvalue weighted by molar-refractivity contribution is -0.182. The second-order valence-electron chi connectivity index (χ2n) is 30.3. The first kappa shape index (κ1) is 79.1. The fourth-order valence-corrected chi connectivity index (χ4v) is 16.4. The first-order valence-corrected chi connectivity index (χ1v) is 36.6. The van der Waals surface area contributed by atoms with Crippen molar-refractivity contribution >= 4 is 82.5 Å². The molecule has 0 radical (unpaired) electrons. The van der Waals surface area contributed by atoms with E-state index in [4.69, 9.17) is 11.6 Å². The molecule has 0 aromatic carbocycles. The average molecular weight is 1410 g/mol. The Bertz CT molecular complexity index is 2910. The highest BCUT2D eigenvalue weighted by molar-refractivity contribution is 6.21. The molecule has 0 bridgehead atoms. The highest BCUT2D eigenvalue weighted by Gasteiger charge is 2.52. The number of likely N-dealkylation sites (tertiary alicyclic amines) is 1. The summed E-state index contributed by atoms with van der Waals surface area (Å²) < 4.78 is 42.0. The summed E-state index contributed by atoms with van der Waals surface area (Å²) in [5, 5.41) is 7.58. The van der Waals surface area contributed by atoms with E-state index in [2.05, 4.69) is 16.0 Å². The standard InChI is InChI=1S/C70H112ClF3N12O12/c1-14-43(6)57-66(96)79(9)44(7)61(91)86-35-29-51(86)64(94)81(11)53(38-45-22-16-15-17-23-45)63(93)78(8)40-55(87)75-49(28-26-46-25-27-47(48(71)37-46)70(72,73)74)62(92)85-34-20-24-50(85)60(90)77-69(30-18-19-31-69)68(98)83(13)58(42(4)5)67(97)82(12)54(65(95)84-32-21-33-84)39-56(88)80(10)52(36-41(2)3)59(89)76-57/h41-54,57-58H,14-40H2,1-13H3,(H,75,87)(H,76,89)(H,77,90)/t43-,44-,46?,47?,48?,49-,50-,51-,52-,53-,54-,57-,58-/m0/s1. The van der Waals surface area contributed by atoms with Crippen LogP contribution in [0.2, 0.25) is 0 Å². The number of carbonyl (C=O) groups is 12. The largest absolute Gasteiger partial charge is 0.393 e. The number of carbonyl (C=O) groups excluding carboxylic acids is 12. The van der Waals surface area contributed by atoms with Crippen molar-refractivity contribution in [2.75, 3.05) is 75.0 Å². The fourth-order valence-electron chi connectivity index (χ4n) is 15.9. The maximum absolute atomic E-state index is 15.4. The van der Waals surface area contributed by atoms with Crippen LogP contribution in [0.3, 0.4) is 0 Å². The summed E-state index contributed by atoms with van der Waals surface area (Å²) in [6.45, 7) is 12.7. The minimum absolute atomic E-state index is 0.00104. The quantitative estimate of drug-likeness (QED) is 0.222. The van der Waals surface area contributed by atoms with Gasteiger partial charge in [0.15, 0.2) is 0 Å². The summed E-state index contributed by atoms with van der Waals surface area (Å²) in [6, 6.07) is -10.8. The van der Waals surface area contributed by atoms with Gasteiger partial charge in [-0.3, -0.25) is 57.5 Å². The zero-order valence-electron chi connectivity index (χ0n) is 60.3. The van der Waals surface area contributed by atoms with Gasteiger partial charge >= 0.3 is 6.18 Å². The van der Waals surface area contributed by atoms with Crippen molar-refractivity contribution in [1.29, 1.82) is 0 Å². The summed E-state index contributed by atoms with van der Waals surface area (Å²) in [4.78, 5) is 191. The third kappa shape index (κ3) is 18.2. The van der Waals surface area contributed by atoms with Gasteiger partial charge in [0.1, 0.15) is 59.9 Å². The van der Waals surface area contributed by atoms with Crippen LogP contribution in [-0.2, 0) is 57.5 Å². The fraction of sp³-hybridized carbons (Fsp3) is 0.829. The highest BCUT2D eigenvalue weighted by Crippen LogP contribution is 2.44. The van der Waals surface area contributed by atoms with Gasteiger partial charge in [0.05, 0.1) is 18.9 Å². The lowest BCUT2D eigenvalue weighted by Crippen LogP contribution is -2.65. The molecule has 7 rings (SSSR count). The number of halogens is 4. The van der Waals surface area contributed by atoms with E-state index >= 15 is 19.2 Å². The number of nitrogens with zero attached hydrogens (tertiary/aromatic N) is 9. The van der Waals surface area contributed by atoms with Gasteiger partial charge in [0.2, 0.25) is 70.9 Å². The predicted octanol–water partition coefficient (Wildman–Crippen LogP) is 5.31. The number of alkyl halides is 4. The predicted molar refractivity (Wildman–Crippen MR) is 361 cm³/mol. The first-order valence-electron chi connectivity index (χ1n) is 36.2. The van der Waals surface area contributed by atoms with E-state index < -0.39 is 173 Å². The van der Waals surface area contributed by atoms with Gasteiger partial charge in [0, 0.05) is 73.8 Å². The van der Waals surface area contributed by atoms with Crippen molar-refractivity contribution in [2.24, 2.45) is 35.5 Å². The SMILES string of the molecule is CC[C@H](C)[C@@H]1NC(=O)[C@H](CC(C)C)N(C)C(=O)C[C@@H](C(=O)N2CCC2)N(C)C(=O)[C@H](C(C)C)N(C)C(=O)C2(CCCC2)NC(=O)[C@@H]2CCCN2C(=O)[C@H](CCC2CCC(C(F)(F)F)C(Cl)C2)NC(=O)CN(C)C(=O)[C@H](CC2CCCCC2)N(C)C(=O)[C@@H]2CCN2C(=O)[C@H](C)N(C)C1=O. The molecule has 4 saturated heterocycles. The molecule has 3 unspecified atom stereocenters. The molecule has 7 fully saturated rings. The monoisotopic (exact) mass is 1400 g/mol. The summed E-state index contributed by atoms with van der Waals surface area (Å²) in [7, 11) is 8.63. The molecule has 12 amide bonds. The highest BCUT2D eigenvalue weighted by atomic mass is 35.5. The van der Waals surface area contributed by atoms with E-state index in [9.17, 15) is 51.5 Å². The van der Waals surface area contributed by atoms with E-state index in [0.29, 0.717) is 45.2 Å². The zero-order chi connectivity index (χ0) is 72.6. The average Bonchev–Trinajstić information content (AvgIpc) is 1.24. The number of likely N-dealkylation sites (N-methyl/N-ethyl adjacent to an activating group) is 6. The normalized spacial score (nSPS) is 31.1. The van der Waals surface area contributed by atoms with Crippen LogP contribution in [0.5, 0.6) is 0 Å². The van der Waals surface area contributed by atoms with Crippen LogP contribution in [0.25, 0.3) is 0 Å². The van der Waals surface area contributed by atoms with Gasteiger partial charge < -0.3 is 60.0 Å². The number of rotatable bonds is 11. The van der Waals surface area contributed by atoms with Gasteiger partial charge in [-0.25, -0.2) is 0 Å². The Morgan fingerprint density at radius 2 is 1.26 bits per heavy atom. The summed E-state index contributed by atoms with van der Waals surface area (Å²) in [6.07, 6.45) is 3.03. The summed E-state index contributed by atoms with van der Waals surface area (Å²) in [5.41, 5.74) is -1.56. The number of fused-ring (bicyclic) bond motifs is 2. The van der Waals surface area contributed by atoms with Crippen LogP contribution in [0.4, 0.5) is 13.2 Å². The van der Waals surface area contributed by atoms with Crippen molar-refractivity contribution in [2.45, 2.75) is 261 Å². The third-order valence-electron chi connectivity index (χ3n) is 22.8. The van der Waals surface area contributed by atoms with Crippen molar-refractivity contribution in [3.8, 4) is 0 Å². The number of hydrogen-bond acceptors (Lipinski definition) is 12. The van der Waals surface area contributed by atoms with Crippen LogP contribution in [0.15, 0.2) is 0 Å². The lowest BCUT2D eigenvalue weighted by atomic mass is 9.78. The van der Waals surface area contributed by atoms with Gasteiger partial charge in [0.25, 0.3) is 0 Å². The number of amides is 12. The Labute approximate surface area is 582 Å². The molecule has 98 heavy (non-hydrogen) atoms. The molecule has 3 N–H and O–H groups in total. The molecular formula is C70H112ClF3N12O12. The van der Waals surface area contributed by atoms with Crippen LogP contribution in [0.1, 0.15) is 190 Å². The van der Waals surface area contributed by atoms with Gasteiger partial charge in [-0.15, -0.1) is 11.6 Å².